The zero-order valence-corrected chi connectivity index (χ0v) is 20.0. The van der Waals surface area contributed by atoms with Gasteiger partial charge in [-0.2, -0.15) is 0 Å². The van der Waals surface area contributed by atoms with Gasteiger partial charge in [0.25, 0.3) is 0 Å². The van der Waals surface area contributed by atoms with E-state index in [1.54, 1.807) is 0 Å². The highest BCUT2D eigenvalue weighted by atomic mass is 16.3. The summed E-state index contributed by atoms with van der Waals surface area (Å²) in [6, 6.07) is 14.4. The summed E-state index contributed by atoms with van der Waals surface area (Å²) >= 11 is 0. The molecule has 2 aliphatic rings. The summed E-state index contributed by atoms with van der Waals surface area (Å²) in [5.74, 6) is 0. The van der Waals surface area contributed by atoms with Crippen LogP contribution in [0.2, 0.25) is 0 Å². The molecule has 35 heavy (non-hydrogen) atoms. The highest BCUT2D eigenvalue weighted by molar-refractivity contribution is 5.90. The van der Waals surface area contributed by atoms with Crippen LogP contribution in [0.1, 0.15) is 62.5 Å². The van der Waals surface area contributed by atoms with E-state index in [0.717, 1.165) is 68.9 Å². The Morgan fingerprint density at radius 3 is 1.37 bits per heavy atom. The van der Waals surface area contributed by atoms with Crippen LogP contribution in [-0.4, -0.2) is 46.6 Å². The van der Waals surface area contributed by atoms with Gasteiger partial charge in [0.05, 0.1) is 24.3 Å². The van der Waals surface area contributed by atoms with Crippen molar-refractivity contribution >= 4 is 23.4 Å². The van der Waals surface area contributed by atoms with Crippen LogP contribution in [0.15, 0.2) is 48.5 Å². The number of urea groups is 2. The van der Waals surface area contributed by atoms with Gasteiger partial charge in [0.1, 0.15) is 0 Å². The van der Waals surface area contributed by atoms with E-state index < -0.39 is 12.2 Å². The molecule has 8 heteroatoms. The van der Waals surface area contributed by atoms with Crippen LogP contribution >= 0.6 is 0 Å². The smallest absolute Gasteiger partial charge is 0.319 e. The van der Waals surface area contributed by atoms with E-state index in [-0.39, 0.29) is 24.1 Å². The van der Waals surface area contributed by atoms with Gasteiger partial charge in [0.15, 0.2) is 0 Å². The van der Waals surface area contributed by atoms with E-state index in [2.05, 4.69) is 21.3 Å². The lowest BCUT2D eigenvalue weighted by molar-refractivity contribution is 0.0955. The SMILES string of the molecule is O=C(Nc1ccc(Cc2ccc(NC(=O)N[C@@H]3CCCC[C@@H]3O)cc2)cc1)N[C@H]1CCCC[C@@H]1O. The Kier molecular flexibility index (Phi) is 8.60. The molecule has 8 nitrogen and oxygen atoms in total. The van der Waals surface area contributed by atoms with Crippen molar-refractivity contribution in [3.05, 3.63) is 59.7 Å². The first-order chi connectivity index (χ1) is 17.0. The number of carbonyl (C=O) groups is 2. The predicted octanol–water partition coefficient (Wildman–Crippen LogP) is 4.13. The van der Waals surface area contributed by atoms with Gasteiger partial charge in [0.2, 0.25) is 0 Å². The average molecular weight is 481 g/mol. The molecule has 2 saturated carbocycles. The van der Waals surface area contributed by atoms with Crippen molar-refractivity contribution in [2.75, 3.05) is 10.6 Å². The number of hydrogen-bond donors (Lipinski definition) is 6. The quantitative estimate of drug-likeness (QED) is 0.372. The van der Waals surface area contributed by atoms with E-state index in [1.165, 1.54) is 0 Å². The van der Waals surface area contributed by atoms with Crippen molar-refractivity contribution in [3.63, 3.8) is 0 Å². The van der Waals surface area contributed by atoms with Crippen molar-refractivity contribution < 1.29 is 19.8 Å². The van der Waals surface area contributed by atoms with Crippen LogP contribution in [-0.2, 0) is 6.42 Å². The van der Waals surface area contributed by atoms with E-state index in [0.29, 0.717) is 11.4 Å². The molecule has 0 aromatic heterocycles. The molecule has 2 aromatic carbocycles. The maximum absolute atomic E-state index is 12.3. The fraction of sp³-hybridized carbons (Fsp3) is 0.481. The van der Waals surface area contributed by atoms with E-state index in [1.807, 2.05) is 48.5 Å². The van der Waals surface area contributed by atoms with Gasteiger partial charge >= 0.3 is 12.1 Å². The number of carbonyl (C=O) groups excluding carboxylic acids is 2. The highest BCUT2D eigenvalue weighted by Gasteiger charge is 2.25. The lowest BCUT2D eigenvalue weighted by atomic mass is 9.93. The first-order valence-corrected chi connectivity index (χ1v) is 12.7. The molecule has 0 radical (unpaired) electrons. The summed E-state index contributed by atoms with van der Waals surface area (Å²) in [6.45, 7) is 0. The molecular weight excluding hydrogens is 444 g/mol. The molecule has 0 spiro atoms. The topological polar surface area (TPSA) is 123 Å². The molecule has 4 amide bonds. The Labute approximate surface area is 206 Å². The lowest BCUT2D eigenvalue weighted by Crippen LogP contribution is -2.46. The van der Waals surface area contributed by atoms with Crippen molar-refractivity contribution in [1.29, 1.82) is 0 Å². The molecular formula is C27H36N4O4. The van der Waals surface area contributed by atoms with E-state index in [4.69, 9.17) is 0 Å². The molecule has 0 unspecified atom stereocenters. The number of benzene rings is 2. The largest absolute Gasteiger partial charge is 0.391 e. The standard InChI is InChI=1S/C27H36N4O4/c32-24-7-3-1-5-22(24)30-26(34)28-20-13-9-18(10-14-20)17-19-11-15-21(16-12-19)29-27(35)31-23-6-2-4-8-25(23)33/h9-16,22-25,32-33H,1-8,17H2,(H2,28,30,34)(H2,29,31,35)/t22-,23+,24-,25-/m0/s1. The average Bonchev–Trinajstić information content (AvgIpc) is 2.84. The van der Waals surface area contributed by atoms with Gasteiger partial charge in [-0.05, 0) is 67.5 Å². The van der Waals surface area contributed by atoms with Crippen molar-refractivity contribution in [2.24, 2.45) is 0 Å². The number of hydrogen-bond acceptors (Lipinski definition) is 4. The minimum Gasteiger partial charge on any atom is -0.391 e. The van der Waals surface area contributed by atoms with Gasteiger partial charge in [0, 0.05) is 11.4 Å². The molecule has 2 fully saturated rings. The molecule has 6 N–H and O–H groups in total. The number of rotatable bonds is 6. The van der Waals surface area contributed by atoms with E-state index in [9.17, 15) is 19.8 Å². The highest BCUT2D eigenvalue weighted by Crippen LogP contribution is 2.20. The van der Waals surface area contributed by atoms with E-state index >= 15 is 0 Å². The molecule has 0 heterocycles. The molecule has 2 aliphatic carbocycles. The molecule has 2 aromatic rings. The first kappa shape index (κ1) is 25.0. The van der Waals surface area contributed by atoms with Gasteiger partial charge in [-0.3, -0.25) is 0 Å². The fourth-order valence-corrected chi connectivity index (χ4v) is 4.88. The monoisotopic (exact) mass is 480 g/mol. The van der Waals surface area contributed by atoms with Crippen LogP contribution in [0, 0.1) is 0 Å². The molecule has 4 atom stereocenters. The second kappa shape index (κ2) is 12.0. The lowest BCUT2D eigenvalue weighted by Gasteiger charge is -2.28. The Balaban J connectivity index is 1.23. The number of nitrogens with one attached hydrogen (secondary N) is 4. The summed E-state index contributed by atoms with van der Waals surface area (Å²) in [4.78, 5) is 24.5. The summed E-state index contributed by atoms with van der Waals surface area (Å²) < 4.78 is 0. The predicted molar refractivity (Wildman–Crippen MR) is 137 cm³/mol. The fourth-order valence-electron chi connectivity index (χ4n) is 4.88. The Morgan fingerprint density at radius 1 is 0.629 bits per heavy atom. The second-order valence-corrected chi connectivity index (χ2v) is 9.68. The third-order valence-corrected chi connectivity index (χ3v) is 6.92. The van der Waals surface area contributed by atoms with Crippen molar-refractivity contribution in [1.82, 2.24) is 10.6 Å². The minimum atomic E-state index is -0.474. The molecule has 188 valence electrons. The summed E-state index contributed by atoms with van der Waals surface area (Å²) in [7, 11) is 0. The van der Waals surface area contributed by atoms with Gasteiger partial charge in [-0.1, -0.05) is 49.9 Å². The van der Waals surface area contributed by atoms with Gasteiger partial charge in [-0.25, -0.2) is 9.59 Å². The Hall–Kier alpha value is -3.10. The van der Waals surface area contributed by atoms with Gasteiger partial charge in [-0.15, -0.1) is 0 Å². The van der Waals surface area contributed by atoms with Crippen LogP contribution in [0.3, 0.4) is 0 Å². The van der Waals surface area contributed by atoms with Crippen LogP contribution < -0.4 is 21.3 Å². The number of amides is 4. The number of aliphatic hydroxyl groups excluding tert-OH is 2. The van der Waals surface area contributed by atoms with Crippen molar-refractivity contribution in [2.45, 2.75) is 82.1 Å². The van der Waals surface area contributed by atoms with Gasteiger partial charge < -0.3 is 31.5 Å². The zero-order valence-electron chi connectivity index (χ0n) is 20.0. The second-order valence-electron chi connectivity index (χ2n) is 9.68. The normalized spacial score (nSPS) is 24.3. The molecule has 0 aliphatic heterocycles. The number of aliphatic hydroxyl groups is 2. The maximum atomic E-state index is 12.3. The Morgan fingerprint density at radius 2 is 1.00 bits per heavy atom. The Bertz CT molecular complexity index is 900. The molecule has 0 saturated heterocycles. The van der Waals surface area contributed by atoms with Crippen LogP contribution in [0.4, 0.5) is 21.0 Å². The van der Waals surface area contributed by atoms with Crippen molar-refractivity contribution in [3.8, 4) is 0 Å². The summed E-state index contributed by atoms with van der Waals surface area (Å²) in [6.07, 6.45) is 6.88. The zero-order chi connectivity index (χ0) is 24.6. The minimum absolute atomic E-state index is 0.189. The first-order valence-electron chi connectivity index (χ1n) is 12.7. The number of anilines is 2. The van der Waals surface area contributed by atoms with Crippen LogP contribution in [0.25, 0.3) is 0 Å². The summed E-state index contributed by atoms with van der Waals surface area (Å²) in [5.41, 5.74) is 3.60. The maximum Gasteiger partial charge on any atom is 0.319 e. The van der Waals surface area contributed by atoms with Crippen LogP contribution in [0.5, 0.6) is 0 Å². The molecule has 0 bridgehead atoms. The third kappa shape index (κ3) is 7.44. The molecule has 4 rings (SSSR count). The third-order valence-electron chi connectivity index (χ3n) is 6.92. The summed E-state index contributed by atoms with van der Waals surface area (Å²) in [5, 5.41) is 31.5.